The molecule has 1 aliphatic rings. The number of hydrogen-bond donors (Lipinski definition) is 0. The summed E-state index contributed by atoms with van der Waals surface area (Å²) >= 11 is 1.51. The molecular formula is C22H32N4OS. The van der Waals surface area contributed by atoms with Crippen molar-refractivity contribution in [3.63, 3.8) is 0 Å². The Morgan fingerprint density at radius 2 is 1.75 bits per heavy atom. The fourth-order valence-corrected chi connectivity index (χ4v) is 4.80. The van der Waals surface area contributed by atoms with Gasteiger partial charge in [0, 0.05) is 25.7 Å². The van der Waals surface area contributed by atoms with Gasteiger partial charge in [0.15, 0.2) is 11.0 Å². The number of benzene rings is 1. The highest BCUT2D eigenvalue weighted by Gasteiger charge is 2.27. The Hall–Kier alpha value is -1.82. The van der Waals surface area contributed by atoms with E-state index in [0.29, 0.717) is 6.04 Å². The van der Waals surface area contributed by atoms with Crippen molar-refractivity contribution < 1.29 is 4.79 Å². The van der Waals surface area contributed by atoms with Crippen molar-refractivity contribution in [1.82, 2.24) is 19.7 Å². The quantitative estimate of drug-likeness (QED) is 0.668. The number of amides is 1. The molecule has 1 aromatic heterocycles. The molecule has 1 heterocycles. The van der Waals surface area contributed by atoms with Gasteiger partial charge in [-0.05, 0) is 30.7 Å². The van der Waals surface area contributed by atoms with Crippen LogP contribution in [0.15, 0.2) is 29.4 Å². The van der Waals surface area contributed by atoms with Gasteiger partial charge in [-0.2, -0.15) is 0 Å². The van der Waals surface area contributed by atoms with E-state index in [9.17, 15) is 4.79 Å². The second kappa shape index (κ2) is 8.27. The van der Waals surface area contributed by atoms with Gasteiger partial charge >= 0.3 is 0 Å². The second-order valence-electron chi connectivity index (χ2n) is 8.93. The van der Waals surface area contributed by atoms with Crippen LogP contribution in [0.25, 0.3) is 11.4 Å². The van der Waals surface area contributed by atoms with Crippen LogP contribution in [0.4, 0.5) is 0 Å². The average Bonchev–Trinajstić information content (AvgIpc) is 3.29. The van der Waals surface area contributed by atoms with Crippen LogP contribution in [-0.2, 0) is 10.2 Å². The number of nitrogens with zero attached hydrogens (tertiary/aromatic N) is 4. The third-order valence-electron chi connectivity index (χ3n) is 5.43. The predicted molar refractivity (Wildman–Crippen MR) is 116 cm³/mol. The lowest BCUT2D eigenvalue weighted by Gasteiger charge is -2.21. The number of rotatable bonds is 5. The molecule has 1 aromatic carbocycles. The van der Waals surface area contributed by atoms with Crippen LogP contribution in [0.1, 0.15) is 65.0 Å². The minimum Gasteiger partial charge on any atom is -0.348 e. The second-order valence-corrected chi connectivity index (χ2v) is 10.2. The van der Waals surface area contributed by atoms with Crippen LogP contribution >= 0.6 is 11.8 Å². The Labute approximate surface area is 172 Å². The molecule has 1 atom stereocenters. The predicted octanol–water partition coefficient (Wildman–Crippen LogP) is 4.93. The zero-order valence-corrected chi connectivity index (χ0v) is 18.7. The lowest BCUT2D eigenvalue weighted by molar-refractivity contribution is -0.127. The van der Waals surface area contributed by atoms with Gasteiger partial charge in [0.1, 0.15) is 0 Å². The third kappa shape index (κ3) is 4.43. The first kappa shape index (κ1) is 20.9. The van der Waals surface area contributed by atoms with Gasteiger partial charge in [-0.1, -0.05) is 69.6 Å². The molecule has 0 N–H and O–H groups in total. The monoisotopic (exact) mass is 400 g/mol. The fourth-order valence-electron chi connectivity index (χ4n) is 3.74. The normalized spacial score (nSPS) is 16.4. The zero-order valence-electron chi connectivity index (χ0n) is 17.9. The van der Waals surface area contributed by atoms with E-state index >= 15 is 0 Å². The van der Waals surface area contributed by atoms with E-state index in [1.54, 1.807) is 19.0 Å². The molecule has 0 bridgehead atoms. The summed E-state index contributed by atoms with van der Waals surface area (Å²) in [5.41, 5.74) is 2.52. The van der Waals surface area contributed by atoms with Crippen LogP contribution in [0, 0.1) is 0 Å². The number of carbonyl (C=O) groups excluding carboxylic acids is 1. The van der Waals surface area contributed by atoms with Crippen LogP contribution in [0.5, 0.6) is 0 Å². The van der Waals surface area contributed by atoms with Gasteiger partial charge in [-0.3, -0.25) is 9.36 Å². The highest BCUT2D eigenvalue weighted by Crippen LogP contribution is 2.38. The minimum atomic E-state index is -0.185. The molecule has 0 unspecified atom stereocenters. The topological polar surface area (TPSA) is 51.0 Å². The Bertz CT molecular complexity index is 814. The summed E-state index contributed by atoms with van der Waals surface area (Å²) in [6.45, 7) is 8.61. The van der Waals surface area contributed by atoms with E-state index in [2.05, 4.69) is 59.8 Å². The molecule has 28 heavy (non-hydrogen) atoms. The highest BCUT2D eigenvalue weighted by molar-refractivity contribution is 8.00. The van der Waals surface area contributed by atoms with Crippen molar-refractivity contribution in [2.24, 2.45) is 0 Å². The highest BCUT2D eigenvalue weighted by atomic mass is 32.2. The first-order chi connectivity index (χ1) is 13.2. The van der Waals surface area contributed by atoms with Crippen molar-refractivity contribution in [3.8, 4) is 11.4 Å². The smallest absolute Gasteiger partial charge is 0.235 e. The van der Waals surface area contributed by atoms with Crippen molar-refractivity contribution >= 4 is 17.7 Å². The molecular weight excluding hydrogens is 368 g/mol. The fraction of sp³-hybridized carbons (Fsp3) is 0.591. The average molecular weight is 401 g/mol. The Morgan fingerprint density at radius 1 is 1.14 bits per heavy atom. The lowest BCUT2D eigenvalue weighted by atomic mass is 9.86. The Morgan fingerprint density at radius 3 is 2.29 bits per heavy atom. The molecule has 5 nitrogen and oxygen atoms in total. The van der Waals surface area contributed by atoms with Gasteiger partial charge in [-0.25, -0.2) is 0 Å². The summed E-state index contributed by atoms with van der Waals surface area (Å²) in [5.74, 6) is 1.02. The molecule has 1 fully saturated rings. The maximum absolute atomic E-state index is 12.3. The lowest BCUT2D eigenvalue weighted by Crippen LogP contribution is -2.30. The molecule has 3 rings (SSSR count). The number of thioether (sulfide) groups is 1. The summed E-state index contributed by atoms with van der Waals surface area (Å²) in [4.78, 5) is 14.0. The molecule has 6 heteroatoms. The third-order valence-corrected chi connectivity index (χ3v) is 6.48. The van der Waals surface area contributed by atoms with Crippen LogP contribution in [0.3, 0.4) is 0 Å². The summed E-state index contributed by atoms with van der Waals surface area (Å²) < 4.78 is 2.28. The van der Waals surface area contributed by atoms with Gasteiger partial charge in [0.2, 0.25) is 5.91 Å². The van der Waals surface area contributed by atoms with Crippen molar-refractivity contribution in [2.45, 2.75) is 75.2 Å². The molecule has 2 aromatic rings. The minimum absolute atomic E-state index is 0.0991. The number of aromatic nitrogens is 3. The maximum atomic E-state index is 12.3. The number of carbonyl (C=O) groups is 1. The van der Waals surface area contributed by atoms with Gasteiger partial charge in [0.05, 0.1) is 5.25 Å². The maximum Gasteiger partial charge on any atom is 0.235 e. The van der Waals surface area contributed by atoms with Gasteiger partial charge in [-0.15, -0.1) is 10.2 Å². The molecule has 0 saturated heterocycles. The van der Waals surface area contributed by atoms with Gasteiger partial charge < -0.3 is 4.90 Å². The standard InChI is InChI=1S/C22H32N4OS/c1-15(20(27)25(5)6)28-21-24-23-19(26(21)18-9-7-8-10-18)16-11-13-17(14-12-16)22(2,3)4/h11-15,18H,7-10H2,1-6H3/t15-/m1/s1. The van der Waals surface area contributed by atoms with E-state index in [1.807, 2.05) is 6.92 Å². The zero-order chi connectivity index (χ0) is 20.5. The molecule has 152 valence electrons. The first-order valence-corrected chi connectivity index (χ1v) is 11.0. The van der Waals surface area contributed by atoms with E-state index in [0.717, 1.165) is 29.4 Å². The molecule has 1 saturated carbocycles. The van der Waals surface area contributed by atoms with Crippen molar-refractivity contribution in [3.05, 3.63) is 29.8 Å². The summed E-state index contributed by atoms with van der Waals surface area (Å²) in [6.07, 6.45) is 4.77. The van der Waals surface area contributed by atoms with Gasteiger partial charge in [0.25, 0.3) is 0 Å². The van der Waals surface area contributed by atoms with E-state index in [1.165, 1.54) is 30.2 Å². The summed E-state index contributed by atoms with van der Waals surface area (Å²) in [5, 5.41) is 9.71. The summed E-state index contributed by atoms with van der Waals surface area (Å²) in [7, 11) is 3.59. The van der Waals surface area contributed by atoms with Crippen LogP contribution in [0.2, 0.25) is 0 Å². The van der Waals surface area contributed by atoms with E-state index in [4.69, 9.17) is 0 Å². The summed E-state index contributed by atoms with van der Waals surface area (Å²) in [6, 6.07) is 9.09. The number of hydrogen-bond acceptors (Lipinski definition) is 4. The Balaban J connectivity index is 1.95. The molecule has 0 radical (unpaired) electrons. The van der Waals surface area contributed by atoms with Crippen LogP contribution < -0.4 is 0 Å². The SMILES string of the molecule is C[C@@H](Sc1nnc(-c2ccc(C(C)(C)C)cc2)n1C1CCCC1)C(=O)N(C)C. The first-order valence-electron chi connectivity index (χ1n) is 10.1. The van der Waals surface area contributed by atoms with Crippen molar-refractivity contribution in [1.29, 1.82) is 0 Å². The molecule has 0 spiro atoms. The Kier molecular flexibility index (Phi) is 6.18. The molecule has 1 amide bonds. The molecule has 0 aliphatic heterocycles. The van der Waals surface area contributed by atoms with E-state index < -0.39 is 0 Å². The van der Waals surface area contributed by atoms with E-state index in [-0.39, 0.29) is 16.6 Å². The molecule has 1 aliphatic carbocycles. The van der Waals surface area contributed by atoms with Crippen molar-refractivity contribution in [2.75, 3.05) is 14.1 Å². The largest absolute Gasteiger partial charge is 0.348 e. The van der Waals surface area contributed by atoms with Crippen LogP contribution in [-0.4, -0.2) is 44.9 Å².